The third-order valence-electron chi connectivity index (χ3n) is 3.70. The molecule has 1 aliphatic rings. The average Bonchev–Trinajstić information content (AvgIpc) is 3.05. The van der Waals surface area contributed by atoms with Crippen LogP contribution in [0.1, 0.15) is 29.2 Å². The number of H-pyrrole nitrogens is 1. The standard InChI is InChI=1S/C13H20N4O3/c1-9-15-7-10(16-9)11(18)17-6-4-5-13(17,8-20-3)12(19)14-2/h7H,4-6,8H2,1-3H3,(H,14,19)(H,15,16). The summed E-state index contributed by atoms with van der Waals surface area (Å²) >= 11 is 0. The smallest absolute Gasteiger partial charge is 0.272 e. The first-order chi connectivity index (χ1) is 9.55. The van der Waals surface area contributed by atoms with E-state index in [-0.39, 0.29) is 18.4 Å². The van der Waals surface area contributed by atoms with E-state index in [1.54, 1.807) is 18.9 Å². The molecule has 0 radical (unpaired) electrons. The minimum atomic E-state index is -0.931. The highest BCUT2D eigenvalue weighted by Gasteiger charge is 2.49. The lowest BCUT2D eigenvalue weighted by molar-refractivity contribution is -0.133. The lowest BCUT2D eigenvalue weighted by Gasteiger charge is -2.35. The third kappa shape index (κ3) is 2.29. The molecule has 7 nitrogen and oxygen atoms in total. The molecular formula is C13H20N4O3. The minimum absolute atomic E-state index is 0.186. The molecule has 0 spiro atoms. The molecule has 1 fully saturated rings. The molecule has 1 aliphatic heterocycles. The van der Waals surface area contributed by atoms with Gasteiger partial charge in [-0.05, 0) is 19.8 Å². The SMILES string of the molecule is CNC(=O)C1(COC)CCCN1C(=O)c1cnc(C)[nH]1. The summed E-state index contributed by atoms with van der Waals surface area (Å²) in [6, 6.07) is 0. The number of aryl methyl sites for hydroxylation is 1. The van der Waals surface area contributed by atoms with E-state index in [4.69, 9.17) is 4.74 Å². The van der Waals surface area contributed by atoms with Crippen molar-refractivity contribution in [1.82, 2.24) is 20.2 Å². The van der Waals surface area contributed by atoms with Crippen LogP contribution >= 0.6 is 0 Å². The largest absolute Gasteiger partial charge is 0.382 e. The molecule has 7 heteroatoms. The van der Waals surface area contributed by atoms with Gasteiger partial charge >= 0.3 is 0 Å². The number of nitrogens with one attached hydrogen (secondary N) is 2. The molecule has 2 heterocycles. The molecule has 0 bridgehead atoms. The van der Waals surface area contributed by atoms with Crippen LogP contribution in [0.25, 0.3) is 0 Å². The summed E-state index contributed by atoms with van der Waals surface area (Å²) < 4.78 is 5.19. The van der Waals surface area contributed by atoms with Gasteiger partial charge in [-0.1, -0.05) is 0 Å². The van der Waals surface area contributed by atoms with E-state index < -0.39 is 5.54 Å². The van der Waals surface area contributed by atoms with Crippen LogP contribution in [-0.4, -0.2) is 59.5 Å². The van der Waals surface area contributed by atoms with Gasteiger partial charge in [0, 0.05) is 20.7 Å². The van der Waals surface area contributed by atoms with Crippen LogP contribution in [0.5, 0.6) is 0 Å². The highest BCUT2D eigenvalue weighted by molar-refractivity contribution is 5.98. The van der Waals surface area contributed by atoms with Crippen LogP contribution < -0.4 is 5.32 Å². The average molecular weight is 280 g/mol. The van der Waals surface area contributed by atoms with Gasteiger partial charge in [0.15, 0.2) is 0 Å². The zero-order chi connectivity index (χ0) is 14.8. The molecule has 2 rings (SSSR count). The number of likely N-dealkylation sites (N-methyl/N-ethyl adjacent to an activating group) is 1. The number of nitrogens with zero attached hydrogens (tertiary/aromatic N) is 2. The first-order valence-corrected chi connectivity index (χ1v) is 6.60. The number of methoxy groups -OCH3 is 1. The van der Waals surface area contributed by atoms with Crippen molar-refractivity contribution >= 4 is 11.8 Å². The summed E-state index contributed by atoms with van der Waals surface area (Å²) in [5.74, 6) is 0.259. The molecule has 1 aromatic heterocycles. The Kier molecular flexibility index (Phi) is 4.08. The van der Waals surface area contributed by atoms with E-state index in [0.717, 1.165) is 6.42 Å². The second kappa shape index (κ2) is 5.62. The van der Waals surface area contributed by atoms with Crippen LogP contribution in [0.15, 0.2) is 6.20 Å². The van der Waals surface area contributed by atoms with Crippen molar-refractivity contribution in [3.63, 3.8) is 0 Å². The predicted octanol–water partition coefficient (Wildman–Crippen LogP) is 0.0853. The number of rotatable bonds is 4. The van der Waals surface area contributed by atoms with Crippen molar-refractivity contribution in [3.05, 3.63) is 17.7 Å². The van der Waals surface area contributed by atoms with Crippen LogP contribution in [-0.2, 0) is 9.53 Å². The summed E-state index contributed by atoms with van der Waals surface area (Å²) in [4.78, 5) is 33.4. The Balaban J connectivity index is 2.32. The number of carbonyl (C=O) groups is 2. The molecule has 20 heavy (non-hydrogen) atoms. The van der Waals surface area contributed by atoms with Gasteiger partial charge in [-0.25, -0.2) is 4.98 Å². The number of imidazole rings is 1. The molecule has 1 unspecified atom stereocenters. The number of hydrogen-bond donors (Lipinski definition) is 2. The molecule has 1 atom stereocenters. The van der Waals surface area contributed by atoms with Crippen molar-refractivity contribution in [3.8, 4) is 0 Å². The van der Waals surface area contributed by atoms with E-state index in [1.165, 1.54) is 13.3 Å². The molecule has 0 saturated carbocycles. The Hall–Kier alpha value is -1.89. The van der Waals surface area contributed by atoms with E-state index >= 15 is 0 Å². The Morgan fingerprint density at radius 1 is 1.60 bits per heavy atom. The summed E-state index contributed by atoms with van der Waals surface area (Å²) in [7, 11) is 3.10. The van der Waals surface area contributed by atoms with Crippen molar-refractivity contribution in [1.29, 1.82) is 0 Å². The number of hydrogen-bond acceptors (Lipinski definition) is 4. The zero-order valence-corrected chi connectivity index (χ0v) is 12.0. The fourth-order valence-electron chi connectivity index (χ4n) is 2.77. The first-order valence-electron chi connectivity index (χ1n) is 6.60. The first kappa shape index (κ1) is 14.5. The van der Waals surface area contributed by atoms with Crippen molar-refractivity contribution < 1.29 is 14.3 Å². The summed E-state index contributed by atoms with van der Waals surface area (Å²) in [5, 5.41) is 2.64. The van der Waals surface area contributed by atoms with Gasteiger partial charge < -0.3 is 19.9 Å². The van der Waals surface area contributed by atoms with E-state index in [2.05, 4.69) is 15.3 Å². The lowest BCUT2D eigenvalue weighted by atomic mass is 9.95. The second-order valence-corrected chi connectivity index (χ2v) is 4.99. The molecular weight excluding hydrogens is 260 g/mol. The van der Waals surface area contributed by atoms with E-state index in [9.17, 15) is 9.59 Å². The predicted molar refractivity (Wildman–Crippen MR) is 72.3 cm³/mol. The van der Waals surface area contributed by atoms with Gasteiger partial charge in [0.2, 0.25) is 5.91 Å². The number of amides is 2. The van der Waals surface area contributed by atoms with Gasteiger partial charge in [-0.3, -0.25) is 9.59 Å². The van der Waals surface area contributed by atoms with Crippen LogP contribution in [0, 0.1) is 6.92 Å². The maximum atomic E-state index is 12.6. The minimum Gasteiger partial charge on any atom is -0.382 e. The van der Waals surface area contributed by atoms with Crippen LogP contribution in [0.4, 0.5) is 0 Å². The van der Waals surface area contributed by atoms with Crippen molar-refractivity contribution in [2.75, 3.05) is 27.3 Å². The van der Waals surface area contributed by atoms with Crippen LogP contribution in [0.2, 0.25) is 0 Å². The molecule has 2 N–H and O–H groups in total. The van der Waals surface area contributed by atoms with Gasteiger partial charge in [0.05, 0.1) is 12.8 Å². The monoisotopic (exact) mass is 280 g/mol. The summed E-state index contributed by atoms with van der Waals surface area (Å²) in [6.45, 7) is 2.50. The third-order valence-corrected chi connectivity index (χ3v) is 3.70. The second-order valence-electron chi connectivity index (χ2n) is 4.99. The maximum Gasteiger partial charge on any atom is 0.272 e. The molecule has 0 aromatic carbocycles. The summed E-state index contributed by atoms with van der Waals surface area (Å²) in [6.07, 6.45) is 2.87. The van der Waals surface area contributed by atoms with Gasteiger partial charge in [0.1, 0.15) is 17.1 Å². The highest BCUT2D eigenvalue weighted by atomic mass is 16.5. The topological polar surface area (TPSA) is 87.3 Å². The van der Waals surface area contributed by atoms with Crippen molar-refractivity contribution in [2.24, 2.45) is 0 Å². The van der Waals surface area contributed by atoms with Gasteiger partial charge in [-0.15, -0.1) is 0 Å². The maximum absolute atomic E-state index is 12.6. The Labute approximate surface area is 117 Å². The van der Waals surface area contributed by atoms with Gasteiger partial charge in [0.25, 0.3) is 5.91 Å². The Bertz CT molecular complexity index is 513. The summed E-state index contributed by atoms with van der Waals surface area (Å²) in [5.41, 5.74) is -0.534. The number of aromatic nitrogens is 2. The highest BCUT2D eigenvalue weighted by Crippen LogP contribution is 2.31. The number of aromatic amines is 1. The van der Waals surface area contributed by atoms with Crippen LogP contribution in [0.3, 0.4) is 0 Å². The van der Waals surface area contributed by atoms with Crippen molar-refractivity contribution in [2.45, 2.75) is 25.3 Å². The Morgan fingerprint density at radius 2 is 2.35 bits per heavy atom. The lowest BCUT2D eigenvalue weighted by Crippen LogP contribution is -2.59. The number of carbonyl (C=O) groups excluding carboxylic acids is 2. The molecule has 1 aromatic rings. The number of ether oxygens (including phenoxy) is 1. The normalized spacial score (nSPS) is 22.1. The number of likely N-dealkylation sites (tertiary alicyclic amines) is 1. The van der Waals surface area contributed by atoms with Gasteiger partial charge in [-0.2, -0.15) is 0 Å². The fourth-order valence-corrected chi connectivity index (χ4v) is 2.77. The van der Waals surface area contributed by atoms with E-state index in [1.807, 2.05) is 0 Å². The molecule has 1 saturated heterocycles. The Morgan fingerprint density at radius 3 is 2.90 bits per heavy atom. The molecule has 2 amide bonds. The molecule has 0 aliphatic carbocycles. The zero-order valence-electron chi connectivity index (χ0n) is 12.0. The van der Waals surface area contributed by atoms with E-state index in [0.29, 0.717) is 24.5 Å². The molecule has 110 valence electrons. The fraction of sp³-hybridized carbons (Fsp3) is 0.615. The quantitative estimate of drug-likeness (QED) is 0.818.